The molecular weight excluding hydrogens is 218 g/mol. The molecule has 2 rings (SSSR count). The van der Waals surface area contributed by atoms with Gasteiger partial charge in [-0.05, 0) is 12.1 Å². The molecule has 0 saturated carbocycles. The zero-order valence-electron chi connectivity index (χ0n) is 8.09. The number of H-pyrrole nitrogens is 1. The van der Waals surface area contributed by atoms with Crippen LogP contribution in [-0.4, -0.2) is 5.16 Å². The minimum atomic E-state index is -0.690. The summed E-state index contributed by atoms with van der Waals surface area (Å²) in [5, 5.41) is 2.00. The molecule has 1 aromatic heterocycles. The molecule has 0 radical (unpaired) electrons. The Kier molecular flexibility index (Phi) is 2.57. The maximum Gasteiger partial charge on any atom is 0.280 e. The van der Waals surface area contributed by atoms with Gasteiger partial charge in [0.1, 0.15) is 11.6 Å². The fourth-order valence-corrected chi connectivity index (χ4v) is 1.35. The van der Waals surface area contributed by atoms with E-state index in [9.17, 15) is 13.6 Å². The van der Waals surface area contributed by atoms with E-state index < -0.39 is 17.2 Å². The monoisotopic (exact) mass is 226 g/mol. The predicted molar refractivity (Wildman–Crippen MR) is 52.6 cm³/mol. The SMILES string of the molecule is NCc1cc(F)c(-c2cc(=O)[nH]o2)cc1F. The van der Waals surface area contributed by atoms with Crippen molar-refractivity contribution in [3.63, 3.8) is 0 Å². The molecule has 0 aliphatic heterocycles. The van der Waals surface area contributed by atoms with Gasteiger partial charge in [0.05, 0.1) is 11.6 Å². The summed E-state index contributed by atoms with van der Waals surface area (Å²) >= 11 is 0. The Morgan fingerprint density at radius 1 is 1.25 bits per heavy atom. The van der Waals surface area contributed by atoms with Gasteiger partial charge in [0.2, 0.25) is 0 Å². The number of nitrogens with one attached hydrogen (secondary N) is 1. The van der Waals surface area contributed by atoms with Crippen LogP contribution in [0.15, 0.2) is 27.5 Å². The Hall–Kier alpha value is -1.95. The second-order valence-electron chi connectivity index (χ2n) is 3.20. The second-order valence-corrected chi connectivity index (χ2v) is 3.20. The number of rotatable bonds is 2. The molecule has 0 amide bonds. The summed E-state index contributed by atoms with van der Waals surface area (Å²) in [7, 11) is 0. The molecule has 3 N–H and O–H groups in total. The number of nitrogens with two attached hydrogens (primary N) is 1. The quantitative estimate of drug-likeness (QED) is 0.812. The Balaban J connectivity index is 2.58. The molecule has 1 heterocycles. The third-order valence-electron chi connectivity index (χ3n) is 2.15. The van der Waals surface area contributed by atoms with Crippen LogP contribution in [0.3, 0.4) is 0 Å². The molecule has 16 heavy (non-hydrogen) atoms. The maximum atomic E-state index is 13.5. The van der Waals surface area contributed by atoms with Gasteiger partial charge in [-0.1, -0.05) is 0 Å². The molecule has 4 nitrogen and oxygen atoms in total. The van der Waals surface area contributed by atoms with Crippen molar-refractivity contribution in [3.05, 3.63) is 45.8 Å². The van der Waals surface area contributed by atoms with E-state index in [1.54, 1.807) is 0 Å². The third-order valence-corrected chi connectivity index (χ3v) is 2.15. The Labute approximate surface area is 88.7 Å². The Bertz CT molecular complexity index is 574. The lowest BCUT2D eigenvalue weighted by Crippen LogP contribution is -2.01. The summed E-state index contributed by atoms with van der Waals surface area (Å²) in [6, 6.07) is 2.97. The smallest absolute Gasteiger partial charge is 0.280 e. The van der Waals surface area contributed by atoms with Crippen LogP contribution in [0.4, 0.5) is 8.78 Å². The summed E-state index contributed by atoms with van der Waals surface area (Å²) in [4.78, 5) is 10.8. The van der Waals surface area contributed by atoms with Gasteiger partial charge in [-0.2, -0.15) is 5.16 Å². The lowest BCUT2D eigenvalue weighted by atomic mass is 10.1. The zero-order chi connectivity index (χ0) is 11.7. The Morgan fingerprint density at radius 2 is 2.00 bits per heavy atom. The summed E-state index contributed by atoms with van der Waals surface area (Å²) < 4.78 is 31.5. The molecule has 84 valence electrons. The highest BCUT2D eigenvalue weighted by Crippen LogP contribution is 2.24. The molecule has 0 fully saturated rings. The molecule has 0 bridgehead atoms. The van der Waals surface area contributed by atoms with Crippen LogP contribution in [0.1, 0.15) is 5.56 Å². The van der Waals surface area contributed by atoms with Crippen molar-refractivity contribution in [1.82, 2.24) is 5.16 Å². The number of aromatic amines is 1. The molecule has 0 aliphatic carbocycles. The summed E-state index contributed by atoms with van der Waals surface area (Å²) in [6.07, 6.45) is 0. The van der Waals surface area contributed by atoms with Crippen LogP contribution in [0.25, 0.3) is 11.3 Å². The van der Waals surface area contributed by atoms with Gasteiger partial charge in [-0.15, -0.1) is 0 Å². The van der Waals surface area contributed by atoms with Gasteiger partial charge in [-0.3, -0.25) is 4.79 Å². The van der Waals surface area contributed by atoms with E-state index in [1.165, 1.54) is 0 Å². The van der Waals surface area contributed by atoms with E-state index in [0.29, 0.717) is 0 Å². The topological polar surface area (TPSA) is 72.0 Å². The van der Waals surface area contributed by atoms with Crippen molar-refractivity contribution in [2.45, 2.75) is 6.54 Å². The van der Waals surface area contributed by atoms with E-state index in [1.807, 2.05) is 5.16 Å². The number of aromatic nitrogens is 1. The summed E-state index contributed by atoms with van der Waals surface area (Å²) in [5.41, 5.74) is 4.66. The fraction of sp³-hybridized carbons (Fsp3) is 0.100. The van der Waals surface area contributed by atoms with E-state index in [4.69, 9.17) is 5.73 Å². The number of halogens is 2. The van der Waals surface area contributed by atoms with E-state index in [2.05, 4.69) is 4.52 Å². The highest BCUT2D eigenvalue weighted by Gasteiger charge is 2.13. The van der Waals surface area contributed by atoms with Gasteiger partial charge >= 0.3 is 0 Å². The minimum absolute atomic E-state index is 0.0510. The first-order valence-corrected chi connectivity index (χ1v) is 4.48. The average Bonchev–Trinajstić information content (AvgIpc) is 2.67. The lowest BCUT2D eigenvalue weighted by molar-refractivity contribution is 0.423. The van der Waals surface area contributed by atoms with Crippen LogP contribution in [-0.2, 0) is 6.54 Å². The van der Waals surface area contributed by atoms with Crippen LogP contribution >= 0.6 is 0 Å². The van der Waals surface area contributed by atoms with Crippen LogP contribution in [0.5, 0.6) is 0 Å². The maximum absolute atomic E-state index is 13.5. The molecule has 0 aliphatic rings. The van der Waals surface area contributed by atoms with Crippen LogP contribution in [0.2, 0.25) is 0 Å². The largest absolute Gasteiger partial charge is 0.378 e. The average molecular weight is 226 g/mol. The number of benzene rings is 1. The minimum Gasteiger partial charge on any atom is -0.378 e. The van der Waals surface area contributed by atoms with E-state index in [-0.39, 0.29) is 23.4 Å². The first kappa shape index (κ1) is 10.6. The third kappa shape index (κ3) is 1.74. The van der Waals surface area contributed by atoms with Gasteiger partial charge in [0.25, 0.3) is 5.56 Å². The van der Waals surface area contributed by atoms with Gasteiger partial charge < -0.3 is 10.3 Å². The molecule has 6 heteroatoms. The second kappa shape index (κ2) is 3.90. The molecule has 1 aromatic carbocycles. The first-order valence-electron chi connectivity index (χ1n) is 4.48. The zero-order valence-corrected chi connectivity index (χ0v) is 8.09. The highest BCUT2D eigenvalue weighted by molar-refractivity contribution is 5.58. The van der Waals surface area contributed by atoms with Crippen molar-refractivity contribution in [1.29, 1.82) is 0 Å². The van der Waals surface area contributed by atoms with Crippen molar-refractivity contribution in [3.8, 4) is 11.3 Å². The normalized spacial score (nSPS) is 10.7. The van der Waals surface area contributed by atoms with Crippen LogP contribution in [0, 0.1) is 11.6 Å². The van der Waals surface area contributed by atoms with E-state index >= 15 is 0 Å². The van der Waals surface area contributed by atoms with Crippen LogP contribution < -0.4 is 11.3 Å². The molecule has 0 spiro atoms. The molecular formula is C10H8F2N2O2. The molecule has 0 unspecified atom stereocenters. The lowest BCUT2D eigenvalue weighted by Gasteiger charge is -2.03. The Morgan fingerprint density at radius 3 is 2.56 bits per heavy atom. The standard InChI is InChI=1S/C10H8F2N2O2/c11-7-2-6(8(12)1-5(7)4-13)9-3-10(15)14-16-9/h1-3H,4,13H2,(H,14,15). The fourth-order valence-electron chi connectivity index (χ4n) is 1.35. The summed E-state index contributed by atoms with van der Waals surface area (Å²) in [6.45, 7) is -0.0971. The number of hydrogen-bond acceptors (Lipinski definition) is 3. The molecule has 2 aromatic rings. The predicted octanol–water partition coefficient (Wildman–Crippen LogP) is 1.37. The van der Waals surface area contributed by atoms with Gasteiger partial charge in [0.15, 0.2) is 5.76 Å². The van der Waals surface area contributed by atoms with Gasteiger partial charge in [0, 0.05) is 12.1 Å². The van der Waals surface area contributed by atoms with Crippen molar-refractivity contribution in [2.24, 2.45) is 5.73 Å². The van der Waals surface area contributed by atoms with Crippen molar-refractivity contribution >= 4 is 0 Å². The highest BCUT2D eigenvalue weighted by atomic mass is 19.1. The van der Waals surface area contributed by atoms with Crippen molar-refractivity contribution < 1.29 is 13.3 Å². The number of hydrogen-bond donors (Lipinski definition) is 2. The summed E-state index contributed by atoms with van der Waals surface area (Å²) in [5.74, 6) is -1.38. The van der Waals surface area contributed by atoms with Crippen molar-refractivity contribution in [2.75, 3.05) is 0 Å². The first-order chi connectivity index (χ1) is 7.61. The molecule has 0 saturated heterocycles. The van der Waals surface area contributed by atoms with E-state index in [0.717, 1.165) is 18.2 Å². The molecule has 0 atom stereocenters. The van der Waals surface area contributed by atoms with Gasteiger partial charge in [-0.25, -0.2) is 8.78 Å².